The van der Waals surface area contributed by atoms with E-state index in [1.807, 2.05) is 0 Å². The number of aliphatic hydroxyl groups excluding tert-OH is 1. The van der Waals surface area contributed by atoms with Crippen LogP contribution in [0.15, 0.2) is 36.4 Å². The molecular weight excluding hydrogens is 243 g/mol. The molecule has 0 aliphatic carbocycles. The van der Waals surface area contributed by atoms with E-state index in [-0.39, 0.29) is 5.56 Å². The largest absolute Gasteiger partial charge is 0.399 e. The fourth-order valence-electron chi connectivity index (χ4n) is 1.61. The predicted octanol–water partition coefficient (Wildman–Crippen LogP) is 2.77. The molecule has 0 saturated carbocycles. The van der Waals surface area contributed by atoms with Crippen molar-refractivity contribution in [3.05, 3.63) is 65.0 Å². The molecular formula is C13H10F3NO. The highest BCUT2D eigenvalue weighted by Crippen LogP contribution is 2.27. The summed E-state index contributed by atoms with van der Waals surface area (Å²) in [6, 6.07) is 7.80. The van der Waals surface area contributed by atoms with Gasteiger partial charge in [0.1, 0.15) is 6.10 Å². The molecule has 2 aromatic rings. The molecule has 0 fully saturated rings. The third-order valence-corrected chi connectivity index (χ3v) is 2.61. The molecule has 0 aliphatic heterocycles. The van der Waals surface area contributed by atoms with Crippen molar-refractivity contribution in [3.8, 4) is 0 Å². The Kier molecular flexibility index (Phi) is 3.25. The molecule has 0 amide bonds. The lowest BCUT2D eigenvalue weighted by Gasteiger charge is -2.13. The molecule has 1 atom stereocenters. The SMILES string of the molecule is Nc1ccc(C(O)c2ccc(F)c(F)c2F)cc1. The van der Waals surface area contributed by atoms with E-state index in [9.17, 15) is 18.3 Å². The summed E-state index contributed by atoms with van der Waals surface area (Å²) in [7, 11) is 0. The predicted molar refractivity (Wildman–Crippen MR) is 61.2 cm³/mol. The lowest BCUT2D eigenvalue weighted by Crippen LogP contribution is -2.05. The van der Waals surface area contributed by atoms with Crippen molar-refractivity contribution < 1.29 is 18.3 Å². The molecule has 0 radical (unpaired) electrons. The van der Waals surface area contributed by atoms with Crippen LogP contribution >= 0.6 is 0 Å². The topological polar surface area (TPSA) is 46.2 Å². The molecule has 2 aromatic carbocycles. The van der Waals surface area contributed by atoms with Gasteiger partial charge < -0.3 is 10.8 Å². The molecule has 0 saturated heterocycles. The van der Waals surface area contributed by atoms with Gasteiger partial charge in [-0.2, -0.15) is 0 Å². The Morgan fingerprint density at radius 3 is 2.11 bits per heavy atom. The number of nitrogen functional groups attached to an aromatic ring is 1. The summed E-state index contributed by atoms with van der Waals surface area (Å²) >= 11 is 0. The Bertz CT molecular complexity index is 569. The Morgan fingerprint density at radius 1 is 0.889 bits per heavy atom. The molecule has 2 rings (SSSR count). The van der Waals surface area contributed by atoms with Crippen LogP contribution in [0.4, 0.5) is 18.9 Å². The smallest absolute Gasteiger partial charge is 0.194 e. The van der Waals surface area contributed by atoms with Gasteiger partial charge in [-0.05, 0) is 23.8 Å². The van der Waals surface area contributed by atoms with Gasteiger partial charge in [-0.25, -0.2) is 13.2 Å². The quantitative estimate of drug-likeness (QED) is 0.638. The van der Waals surface area contributed by atoms with Crippen molar-refractivity contribution in [2.75, 3.05) is 5.73 Å². The lowest BCUT2D eigenvalue weighted by molar-refractivity contribution is 0.212. The minimum atomic E-state index is -1.60. The number of rotatable bonds is 2. The maximum Gasteiger partial charge on any atom is 0.194 e. The average Bonchev–Trinajstić information content (AvgIpc) is 2.36. The third kappa shape index (κ3) is 2.17. The fraction of sp³-hybridized carbons (Fsp3) is 0.0769. The molecule has 0 spiro atoms. The monoisotopic (exact) mass is 253 g/mol. The van der Waals surface area contributed by atoms with E-state index in [0.29, 0.717) is 11.3 Å². The Balaban J connectivity index is 2.43. The standard InChI is InChI=1S/C13H10F3NO/c14-10-6-5-9(11(15)12(10)16)13(18)7-1-3-8(17)4-2-7/h1-6,13,18H,17H2. The van der Waals surface area contributed by atoms with Gasteiger partial charge in [0.15, 0.2) is 17.5 Å². The molecule has 0 aliphatic rings. The summed E-state index contributed by atoms with van der Waals surface area (Å²) in [5.74, 6) is -4.28. The fourth-order valence-corrected chi connectivity index (χ4v) is 1.61. The van der Waals surface area contributed by atoms with Crippen LogP contribution in [0.2, 0.25) is 0 Å². The van der Waals surface area contributed by atoms with E-state index in [2.05, 4.69) is 0 Å². The number of nitrogens with two attached hydrogens (primary N) is 1. The molecule has 0 bridgehead atoms. The molecule has 3 N–H and O–H groups in total. The highest BCUT2D eigenvalue weighted by atomic mass is 19.2. The second-order valence-corrected chi connectivity index (χ2v) is 3.83. The van der Waals surface area contributed by atoms with Gasteiger partial charge in [0.2, 0.25) is 0 Å². The molecule has 0 aromatic heterocycles. The van der Waals surface area contributed by atoms with Gasteiger partial charge in [-0.1, -0.05) is 18.2 Å². The van der Waals surface area contributed by atoms with Crippen molar-refractivity contribution in [1.82, 2.24) is 0 Å². The number of hydrogen-bond acceptors (Lipinski definition) is 2. The van der Waals surface area contributed by atoms with Crippen LogP contribution in [-0.4, -0.2) is 5.11 Å². The van der Waals surface area contributed by atoms with Gasteiger partial charge in [-0.15, -0.1) is 0 Å². The second kappa shape index (κ2) is 4.70. The molecule has 2 nitrogen and oxygen atoms in total. The van der Waals surface area contributed by atoms with Crippen LogP contribution in [0.25, 0.3) is 0 Å². The molecule has 1 unspecified atom stereocenters. The van der Waals surface area contributed by atoms with Crippen LogP contribution in [-0.2, 0) is 0 Å². The number of anilines is 1. The highest BCUT2D eigenvalue weighted by molar-refractivity contribution is 5.42. The maximum atomic E-state index is 13.5. The Morgan fingerprint density at radius 2 is 1.50 bits per heavy atom. The summed E-state index contributed by atoms with van der Waals surface area (Å²) in [5, 5.41) is 9.91. The van der Waals surface area contributed by atoms with Crippen LogP contribution in [0.3, 0.4) is 0 Å². The van der Waals surface area contributed by atoms with Crippen molar-refractivity contribution in [1.29, 1.82) is 0 Å². The van der Waals surface area contributed by atoms with Crippen LogP contribution < -0.4 is 5.73 Å². The van der Waals surface area contributed by atoms with Gasteiger partial charge >= 0.3 is 0 Å². The first kappa shape index (κ1) is 12.4. The molecule has 94 valence electrons. The van der Waals surface area contributed by atoms with Gasteiger partial charge in [0, 0.05) is 11.3 Å². The molecule has 18 heavy (non-hydrogen) atoms. The summed E-state index contributed by atoms with van der Waals surface area (Å²) in [6.07, 6.45) is -1.37. The van der Waals surface area contributed by atoms with E-state index < -0.39 is 23.6 Å². The zero-order valence-electron chi connectivity index (χ0n) is 9.20. The van der Waals surface area contributed by atoms with Crippen LogP contribution in [0.1, 0.15) is 17.2 Å². The third-order valence-electron chi connectivity index (χ3n) is 2.61. The minimum Gasteiger partial charge on any atom is -0.399 e. The Labute approximate surface area is 101 Å². The lowest BCUT2D eigenvalue weighted by atomic mass is 10.0. The van der Waals surface area contributed by atoms with E-state index in [1.54, 1.807) is 0 Å². The zero-order valence-corrected chi connectivity index (χ0v) is 9.20. The number of hydrogen-bond donors (Lipinski definition) is 2. The van der Waals surface area contributed by atoms with Crippen molar-refractivity contribution in [2.45, 2.75) is 6.10 Å². The van der Waals surface area contributed by atoms with Crippen molar-refractivity contribution in [3.63, 3.8) is 0 Å². The van der Waals surface area contributed by atoms with Crippen molar-refractivity contribution in [2.24, 2.45) is 0 Å². The maximum absolute atomic E-state index is 13.5. The Hall–Kier alpha value is -2.01. The van der Waals surface area contributed by atoms with Gasteiger partial charge in [-0.3, -0.25) is 0 Å². The average molecular weight is 253 g/mol. The second-order valence-electron chi connectivity index (χ2n) is 3.83. The first-order valence-electron chi connectivity index (χ1n) is 5.17. The highest BCUT2D eigenvalue weighted by Gasteiger charge is 2.20. The van der Waals surface area contributed by atoms with E-state index in [4.69, 9.17) is 5.73 Å². The van der Waals surface area contributed by atoms with E-state index in [0.717, 1.165) is 12.1 Å². The number of benzene rings is 2. The van der Waals surface area contributed by atoms with Crippen LogP contribution in [0, 0.1) is 17.5 Å². The van der Waals surface area contributed by atoms with E-state index >= 15 is 0 Å². The van der Waals surface area contributed by atoms with Gasteiger partial charge in [0.25, 0.3) is 0 Å². The molecule has 0 heterocycles. The van der Waals surface area contributed by atoms with E-state index in [1.165, 1.54) is 24.3 Å². The van der Waals surface area contributed by atoms with Gasteiger partial charge in [0.05, 0.1) is 0 Å². The number of aliphatic hydroxyl groups is 1. The normalized spacial score (nSPS) is 12.4. The first-order valence-corrected chi connectivity index (χ1v) is 5.17. The van der Waals surface area contributed by atoms with Crippen molar-refractivity contribution >= 4 is 5.69 Å². The number of halogens is 3. The summed E-state index contributed by atoms with van der Waals surface area (Å²) in [6.45, 7) is 0. The summed E-state index contributed by atoms with van der Waals surface area (Å²) in [4.78, 5) is 0. The summed E-state index contributed by atoms with van der Waals surface area (Å²) in [5.41, 5.74) is 5.98. The zero-order chi connectivity index (χ0) is 13.3. The first-order chi connectivity index (χ1) is 8.50. The molecule has 5 heteroatoms. The summed E-state index contributed by atoms with van der Waals surface area (Å²) < 4.78 is 39.3. The minimum absolute atomic E-state index is 0.321. The van der Waals surface area contributed by atoms with Crippen LogP contribution in [0.5, 0.6) is 0 Å².